The molecular weight excluding hydrogens is 220 g/mol. The smallest absolute Gasteiger partial charge is 0.193 e. The summed E-state index contributed by atoms with van der Waals surface area (Å²) in [4.78, 5) is 10.5. The molecule has 0 aromatic carbocycles. The van der Waals surface area contributed by atoms with Gasteiger partial charge in [-0.2, -0.15) is 12.6 Å². The Balaban J connectivity index is 2.83. The highest BCUT2D eigenvalue weighted by molar-refractivity contribution is 7.80. The third-order valence-corrected chi connectivity index (χ3v) is 3.86. The zero-order valence-corrected chi connectivity index (χ0v) is 11.3. The zero-order chi connectivity index (χ0) is 12.2. The molecule has 1 aliphatic rings. The molecule has 0 aromatic rings. The van der Waals surface area contributed by atoms with E-state index in [1.165, 1.54) is 5.71 Å². The minimum atomic E-state index is -0.0302. The molecule has 0 spiro atoms. The summed E-state index contributed by atoms with van der Waals surface area (Å²) in [6.45, 7) is 7.26. The Morgan fingerprint density at radius 2 is 2.19 bits per heavy atom. The Bertz CT molecular complexity index is 336. The molecule has 1 atom stereocenters. The predicted molar refractivity (Wildman–Crippen MR) is 70.8 cm³/mol. The van der Waals surface area contributed by atoms with E-state index in [0.717, 1.165) is 37.1 Å². The van der Waals surface area contributed by atoms with Crippen LogP contribution in [0.15, 0.2) is 5.10 Å². The molecule has 0 radical (unpaired) electrons. The van der Waals surface area contributed by atoms with Gasteiger partial charge in [0.05, 0.1) is 11.1 Å². The molecule has 0 aliphatic carbocycles. The number of carbonyl (C=O) groups is 1. The number of hydrogen-bond acceptors (Lipinski definition) is 3. The molecule has 3 nitrogen and oxygen atoms in total. The molecule has 16 heavy (non-hydrogen) atoms. The molecule has 1 heterocycles. The Morgan fingerprint density at radius 3 is 2.75 bits per heavy atom. The second-order valence-electron chi connectivity index (χ2n) is 4.51. The predicted octanol–water partition coefficient (Wildman–Crippen LogP) is 2.15. The molecule has 0 bridgehead atoms. The second-order valence-corrected chi connectivity index (χ2v) is 4.96. The van der Waals surface area contributed by atoms with Crippen molar-refractivity contribution in [3.8, 4) is 0 Å². The van der Waals surface area contributed by atoms with Crippen molar-refractivity contribution in [2.75, 3.05) is 12.3 Å². The van der Waals surface area contributed by atoms with Gasteiger partial charge in [0.25, 0.3) is 0 Å². The number of nitrogens with zero attached hydrogens (tertiary/aromatic N) is 2. The van der Waals surface area contributed by atoms with E-state index in [2.05, 4.69) is 43.2 Å². The lowest BCUT2D eigenvalue weighted by Gasteiger charge is -2.19. The van der Waals surface area contributed by atoms with Crippen LogP contribution in [0.1, 0.15) is 40.0 Å². The number of rotatable bonds is 6. The van der Waals surface area contributed by atoms with Crippen LogP contribution in [-0.4, -0.2) is 34.7 Å². The fourth-order valence-electron chi connectivity index (χ4n) is 2.06. The van der Waals surface area contributed by atoms with E-state index < -0.39 is 0 Å². The number of thiol groups is 1. The van der Waals surface area contributed by atoms with E-state index in [4.69, 9.17) is 0 Å². The van der Waals surface area contributed by atoms with Crippen LogP contribution in [-0.2, 0) is 4.79 Å². The van der Waals surface area contributed by atoms with Crippen LogP contribution in [0.25, 0.3) is 0 Å². The largest absolute Gasteiger partial charge is 0.303 e. The van der Waals surface area contributed by atoms with Crippen LogP contribution in [0.3, 0.4) is 0 Å². The highest BCUT2D eigenvalue weighted by atomic mass is 32.1. The summed E-state index contributed by atoms with van der Waals surface area (Å²) in [6.07, 6.45) is 3.47. The molecule has 4 heteroatoms. The first-order chi connectivity index (χ1) is 7.56. The van der Waals surface area contributed by atoms with E-state index >= 15 is 0 Å². The number of hydrogen-bond donors (Lipinski definition) is 1. The van der Waals surface area contributed by atoms with Gasteiger partial charge in [0.1, 0.15) is 6.29 Å². The summed E-state index contributed by atoms with van der Waals surface area (Å²) in [5.74, 6) is 0.878. The third-order valence-electron chi connectivity index (χ3n) is 3.55. The van der Waals surface area contributed by atoms with Gasteiger partial charge in [0.2, 0.25) is 0 Å². The van der Waals surface area contributed by atoms with Crippen LogP contribution in [0, 0.1) is 5.41 Å². The minimum absolute atomic E-state index is 0.0302. The first-order valence-electron chi connectivity index (χ1n) is 5.78. The SMILES string of the molecule is CC1=N[N+](CCCS)=C(C)C1(C)CCC=O. The van der Waals surface area contributed by atoms with Crippen LogP contribution in [0.4, 0.5) is 0 Å². The van der Waals surface area contributed by atoms with Gasteiger partial charge in [-0.25, -0.2) is 0 Å². The molecule has 1 aliphatic heterocycles. The monoisotopic (exact) mass is 241 g/mol. The summed E-state index contributed by atoms with van der Waals surface area (Å²) >= 11 is 4.21. The lowest BCUT2D eigenvalue weighted by molar-refractivity contribution is -0.531. The average Bonchev–Trinajstić information content (AvgIpc) is 2.49. The number of aldehydes is 1. The Hall–Kier alpha value is -0.640. The second kappa shape index (κ2) is 5.62. The highest BCUT2D eigenvalue weighted by Gasteiger charge is 2.43. The fourth-order valence-corrected chi connectivity index (χ4v) is 2.20. The Kier molecular flexibility index (Phi) is 4.71. The van der Waals surface area contributed by atoms with Crippen molar-refractivity contribution in [2.45, 2.75) is 40.0 Å². The Labute approximate surface area is 103 Å². The number of carbonyl (C=O) groups excluding carboxylic acids is 1. The molecule has 0 amide bonds. The van der Waals surface area contributed by atoms with Crippen molar-refractivity contribution in [1.29, 1.82) is 0 Å². The summed E-state index contributed by atoms with van der Waals surface area (Å²) < 4.78 is 2.07. The van der Waals surface area contributed by atoms with Crippen molar-refractivity contribution in [2.24, 2.45) is 10.5 Å². The molecule has 1 rings (SSSR count). The van der Waals surface area contributed by atoms with E-state index in [-0.39, 0.29) is 5.41 Å². The zero-order valence-electron chi connectivity index (χ0n) is 10.4. The summed E-state index contributed by atoms with van der Waals surface area (Å²) in [5.41, 5.74) is 2.34. The lowest BCUT2D eigenvalue weighted by Crippen LogP contribution is -2.32. The molecule has 0 saturated carbocycles. The van der Waals surface area contributed by atoms with E-state index in [9.17, 15) is 4.79 Å². The maximum Gasteiger partial charge on any atom is 0.193 e. The van der Waals surface area contributed by atoms with E-state index in [1.807, 2.05) is 0 Å². The van der Waals surface area contributed by atoms with Crippen LogP contribution in [0.5, 0.6) is 0 Å². The third kappa shape index (κ3) is 2.54. The minimum Gasteiger partial charge on any atom is -0.303 e. The van der Waals surface area contributed by atoms with Gasteiger partial charge in [-0.05, 0) is 31.1 Å². The molecule has 0 N–H and O–H groups in total. The van der Waals surface area contributed by atoms with Gasteiger partial charge in [0.15, 0.2) is 12.3 Å². The van der Waals surface area contributed by atoms with Gasteiger partial charge < -0.3 is 4.79 Å². The lowest BCUT2D eigenvalue weighted by atomic mass is 9.78. The van der Waals surface area contributed by atoms with E-state index in [1.54, 1.807) is 0 Å². The van der Waals surface area contributed by atoms with Crippen molar-refractivity contribution in [3.05, 3.63) is 0 Å². The number of hydrazone groups is 1. The fraction of sp³-hybridized carbons (Fsp3) is 0.750. The maximum atomic E-state index is 10.5. The van der Waals surface area contributed by atoms with Crippen molar-refractivity contribution < 1.29 is 9.48 Å². The first kappa shape index (κ1) is 13.4. The van der Waals surface area contributed by atoms with Crippen molar-refractivity contribution in [3.63, 3.8) is 0 Å². The van der Waals surface area contributed by atoms with Gasteiger partial charge in [-0.3, -0.25) is 0 Å². The van der Waals surface area contributed by atoms with Crippen LogP contribution in [0.2, 0.25) is 0 Å². The molecule has 0 saturated heterocycles. The normalized spacial score (nSPS) is 24.9. The molecule has 0 fully saturated rings. The first-order valence-corrected chi connectivity index (χ1v) is 6.41. The summed E-state index contributed by atoms with van der Waals surface area (Å²) in [5, 5.41) is 4.58. The average molecular weight is 241 g/mol. The van der Waals surface area contributed by atoms with Gasteiger partial charge in [-0.15, -0.1) is 0 Å². The quantitative estimate of drug-likeness (QED) is 0.431. The van der Waals surface area contributed by atoms with Gasteiger partial charge in [-0.1, -0.05) is 4.68 Å². The van der Waals surface area contributed by atoms with Crippen LogP contribution < -0.4 is 0 Å². The topological polar surface area (TPSA) is 32.4 Å². The standard InChI is InChI=1S/C12H20N2OS/c1-10-12(3,6-4-8-15)11(2)14(13-10)7-5-9-16/h8H,4-7,9H2,1-3H3/p+1. The highest BCUT2D eigenvalue weighted by Crippen LogP contribution is 2.31. The van der Waals surface area contributed by atoms with Gasteiger partial charge in [0, 0.05) is 19.8 Å². The van der Waals surface area contributed by atoms with Crippen molar-refractivity contribution >= 4 is 30.3 Å². The molecule has 90 valence electrons. The van der Waals surface area contributed by atoms with E-state index in [0.29, 0.717) is 6.42 Å². The maximum absolute atomic E-state index is 10.5. The van der Waals surface area contributed by atoms with Gasteiger partial charge >= 0.3 is 0 Å². The summed E-state index contributed by atoms with van der Waals surface area (Å²) in [7, 11) is 0. The molecule has 0 aromatic heterocycles. The van der Waals surface area contributed by atoms with Crippen LogP contribution >= 0.6 is 12.6 Å². The van der Waals surface area contributed by atoms with Crippen molar-refractivity contribution in [1.82, 2.24) is 0 Å². The molecular formula is C12H21N2OS+. The summed E-state index contributed by atoms with van der Waals surface area (Å²) in [6, 6.07) is 0. The molecule has 1 unspecified atom stereocenters. The Morgan fingerprint density at radius 1 is 1.50 bits per heavy atom.